The first-order valence-corrected chi connectivity index (χ1v) is 10.9. The van der Waals surface area contributed by atoms with E-state index in [0.29, 0.717) is 28.4 Å². The average molecular weight is 491 g/mol. The van der Waals surface area contributed by atoms with Crippen molar-refractivity contribution in [3.63, 3.8) is 0 Å². The first kappa shape index (κ1) is 21.7. The van der Waals surface area contributed by atoms with Crippen LogP contribution in [0.5, 0.6) is 0 Å². The molecule has 2 aromatic carbocycles. The Balaban J connectivity index is 1.45. The fraction of sp³-hybridized carbons (Fsp3) is 0.208. The second-order valence-corrected chi connectivity index (χ2v) is 8.69. The molecule has 0 spiro atoms. The molecule has 0 saturated heterocycles. The summed E-state index contributed by atoms with van der Waals surface area (Å²) in [6, 6.07) is 17.8. The maximum absolute atomic E-state index is 12.7. The summed E-state index contributed by atoms with van der Waals surface area (Å²) in [6.45, 7) is 1.60. The molecule has 1 amide bonds. The SMILES string of the molecule is Cc1c(Br)cnc(NC(=O)C2CC2Cc2ccc(-c3ccccc3)c(C#N)c2)c1[N+](=O)[O-]. The molecule has 1 saturated carbocycles. The first-order valence-electron chi connectivity index (χ1n) is 10.1. The van der Waals surface area contributed by atoms with Gasteiger partial charge in [-0.3, -0.25) is 14.9 Å². The van der Waals surface area contributed by atoms with Crippen LogP contribution in [0.4, 0.5) is 11.5 Å². The fourth-order valence-electron chi connectivity index (χ4n) is 3.87. The van der Waals surface area contributed by atoms with Crippen LogP contribution < -0.4 is 5.32 Å². The number of anilines is 1. The molecule has 1 heterocycles. The number of benzene rings is 2. The average Bonchev–Trinajstić information content (AvgIpc) is 3.56. The number of carbonyl (C=O) groups excluding carboxylic acids is 1. The molecule has 0 bridgehead atoms. The molecular weight excluding hydrogens is 472 g/mol. The lowest BCUT2D eigenvalue weighted by atomic mass is 9.96. The molecule has 2 atom stereocenters. The Labute approximate surface area is 193 Å². The van der Waals surface area contributed by atoms with Crippen LogP contribution in [0.2, 0.25) is 0 Å². The molecular formula is C24H19BrN4O3. The highest BCUT2D eigenvalue weighted by Crippen LogP contribution is 2.43. The molecule has 0 radical (unpaired) electrons. The van der Waals surface area contributed by atoms with E-state index in [1.165, 1.54) is 6.20 Å². The highest BCUT2D eigenvalue weighted by atomic mass is 79.9. The van der Waals surface area contributed by atoms with E-state index in [2.05, 4.69) is 32.3 Å². The number of pyridine rings is 1. The maximum atomic E-state index is 12.7. The van der Waals surface area contributed by atoms with Gasteiger partial charge in [0.25, 0.3) is 0 Å². The van der Waals surface area contributed by atoms with Crippen molar-refractivity contribution >= 4 is 33.3 Å². The number of nitriles is 1. The maximum Gasteiger partial charge on any atom is 0.315 e. The molecule has 8 heteroatoms. The molecule has 2 unspecified atom stereocenters. The Morgan fingerprint density at radius 3 is 2.75 bits per heavy atom. The molecule has 3 aromatic rings. The normalized spacial score (nSPS) is 16.8. The summed E-state index contributed by atoms with van der Waals surface area (Å²) in [6.07, 6.45) is 2.80. The number of hydrogen-bond acceptors (Lipinski definition) is 5. The summed E-state index contributed by atoms with van der Waals surface area (Å²) in [5, 5.41) is 23.6. The van der Waals surface area contributed by atoms with Crippen LogP contribution in [0.15, 0.2) is 59.2 Å². The van der Waals surface area contributed by atoms with Crippen LogP contribution in [-0.2, 0) is 11.2 Å². The number of rotatable bonds is 6. The summed E-state index contributed by atoms with van der Waals surface area (Å²) in [4.78, 5) is 27.6. The number of amides is 1. The van der Waals surface area contributed by atoms with Crippen LogP contribution in [0.25, 0.3) is 11.1 Å². The predicted octanol–water partition coefficient (Wildman–Crippen LogP) is 5.42. The summed E-state index contributed by atoms with van der Waals surface area (Å²) >= 11 is 3.23. The van der Waals surface area contributed by atoms with Crippen LogP contribution in [0, 0.1) is 40.2 Å². The van der Waals surface area contributed by atoms with Crippen molar-refractivity contribution in [2.24, 2.45) is 11.8 Å². The van der Waals surface area contributed by atoms with Crippen LogP contribution >= 0.6 is 15.9 Å². The Bertz CT molecular complexity index is 1250. The minimum atomic E-state index is -0.537. The van der Waals surface area contributed by atoms with E-state index in [9.17, 15) is 20.2 Å². The van der Waals surface area contributed by atoms with Gasteiger partial charge in [-0.15, -0.1) is 0 Å². The number of carbonyl (C=O) groups is 1. The number of aromatic nitrogens is 1. The first-order chi connectivity index (χ1) is 15.4. The van der Waals surface area contributed by atoms with Gasteiger partial charge >= 0.3 is 5.69 Å². The monoisotopic (exact) mass is 490 g/mol. The molecule has 160 valence electrons. The zero-order valence-corrected chi connectivity index (χ0v) is 18.8. The molecule has 1 aliphatic carbocycles. The van der Waals surface area contributed by atoms with Gasteiger partial charge in [0, 0.05) is 22.2 Å². The highest BCUT2D eigenvalue weighted by Gasteiger charge is 2.43. The third kappa shape index (κ3) is 4.39. The van der Waals surface area contributed by atoms with Crippen LogP contribution in [-0.4, -0.2) is 15.8 Å². The van der Waals surface area contributed by atoms with Gasteiger partial charge in [-0.25, -0.2) is 4.98 Å². The van der Waals surface area contributed by atoms with E-state index in [0.717, 1.165) is 16.7 Å². The van der Waals surface area contributed by atoms with Gasteiger partial charge in [0.15, 0.2) is 0 Å². The second-order valence-electron chi connectivity index (χ2n) is 7.84. The molecule has 1 N–H and O–H groups in total. The molecule has 1 aliphatic rings. The quantitative estimate of drug-likeness (QED) is 0.366. The van der Waals surface area contributed by atoms with Gasteiger partial charge < -0.3 is 5.32 Å². The van der Waals surface area contributed by atoms with E-state index in [1.54, 1.807) is 6.92 Å². The summed E-state index contributed by atoms with van der Waals surface area (Å²) in [7, 11) is 0. The van der Waals surface area contributed by atoms with Gasteiger partial charge in [0.2, 0.25) is 11.7 Å². The van der Waals surface area contributed by atoms with Gasteiger partial charge in [0.05, 0.1) is 16.6 Å². The van der Waals surface area contributed by atoms with E-state index in [-0.39, 0.29) is 29.2 Å². The van der Waals surface area contributed by atoms with Gasteiger partial charge in [-0.1, -0.05) is 42.5 Å². The van der Waals surface area contributed by atoms with Crippen molar-refractivity contribution in [3.8, 4) is 17.2 Å². The topological polar surface area (TPSA) is 109 Å². The molecule has 0 aliphatic heterocycles. The Kier molecular flexibility index (Phi) is 6.01. The van der Waals surface area contributed by atoms with Crippen LogP contribution in [0.1, 0.15) is 23.1 Å². The van der Waals surface area contributed by atoms with Crippen molar-refractivity contribution in [3.05, 3.63) is 86.0 Å². The molecule has 4 rings (SSSR count). The van der Waals surface area contributed by atoms with E-state index in [1.807, 2.05) is 48.5 Å². The zero-order valence-electron chi connectivity index (χ0n) is 17.2. The van der Waals surface area contributed by atoms with Crippen molar-refractivity contribution in [1.29, 1.82) is 5.26 Å². The van der Waals surface area contributed by atoms with Crippen molar-refractivity contribution < 1.29 is 9.72 Å². The summed E-state index contributed by atoms with van der Waals surface area (Å²) in [5.74, 6) is -0.418. The van der Waals surface area contributed by atoms with E-state index >= 15 is 0 Å². The number of nitrogens with zero attached hydrogens (tertiary/aromatic N) is 3. The Hall–Kier alpha value is -3.57. The fourth-order valence-corrected chi connectivity index (χ4v) is 4.16. The standard InChI is InChI=1S/C24H19BrN4O3/c1-14-21(25)13-27-23(22(14)29(31)32)28-24(30)20-11-17(20)9-15-7-8-19(18(10-15)12-26)16-5-3-2-4-6-16/h2-8,10,13,17,20H,9,11H2,1H3,(H,27,28,30). The lowest BCUT2D eigenvalue weighted by molar-refractivity contribution is -0.384. The van der Waals surface area contributed by atoms with E-state index in [4.69, 9.17) is 0 Å². The molecule has 7 nitrogen and oxygen atoms in total. The largest absolute Gasteiger partial charge is 0.315 e. The molecule has 1 aromatic heterocycles. The molecule has 32 heavy (non-hydrogen) atoms. The minimum Gasteiger partial charge on any atom is -0.305 e. The van der Waals surface area contributed by atoms with Crippen molar-refractivity contribution in [2.45, 2.75) is 19.8 Å². The van der Waals surface area contributed by atoms with Crippen LogP contribution in [0.3, 0.4) is 0 Å². The van der Waals surface area contributed by atoms with E-state index < -0.39 is 4.92 Å². The highest BCUT2D eigenvalue weighted by molar-refractivity contribution is 9.10. The number of hydrogen-bond donors (Lipinski definition) is 1. The lowest BCUT2D eigenvalue weighted by Crippen LogP contribution is -2.17. The van der Waals surface area contributed by atoms with Crippen molar-refractivity contribution in [1.82, 2.24) is 4.98 Å². The minimum absolute atomic E-state index is 0.0367. The van der Waals surface area contributed by atoms with Crippen molar-refractivity contribution in [2.75, 3.05) is 5.32 Å². The number of halogens is 1. The molecule has 1 fully saturated rings. The number of nitrogens with one attached hydrogen (secondary N) is 1. The zero-order chi connectivity index (χ0) is 22.8. The second kappa shape index (κ2) is 8.89. The Morgan fingerprint density at radius 2 is 2.06 bits per heavy atom. The van der Waals surface area contributed by atoms with Gasteiger partial charge in [-0.2, -0.15) is 5.26 Å². The third-order valence-electron chi connectivity index (χ3n) is 5.72. The number of nitro groups is 1. The summed E-state index contributed by atoms with van der Waals surface area (Å²) < 4.78 is 0.513. The third-order valence-corrected chi connectivity index (χ3v) is 6.51. The Morgan fingerprint density at radius 1 is 1.31 bits per heavy atom. The lowest BCUT2D eigenvalue weighted by Gasteiger charge is -2.09. The summed E-state index contributed by atoms with van der Waals surface area (Å²) in [5.41, 5.74) is 3.66. The predicted molar refractivity (Wildman–Crippen MR) is 124 cm³/mol. The smallest absolute Gasteiger partial charge is 0.305 e. The van der Waals surface area contributed by atoms with Gasteiger partial charge in [-0.05, 0) is 64.4 Å². The van der Waals surface area contributed by atoms with Gasteiger partial charge in [0.1, 0.15) is 0 Å².